The number of aliphatic imine (C=N–C) groups is 1. The molecule has 3 heterocycles. The summed E-state index contributed by atoms with van der Waals surface area (Å²) < 4.78 is 5.50. The number of methoxy groups -OCH3 is 1. The van der Waals surface area contributed by atoms with E-state index in [2.05, 4.69) is 29.0 Å². The summed E-state index contributed by atoms with van der Waals surface area (Å²) in [7, 11) is 1.69. The monoisotopic (exact) mass is 337 g/mol. The fourth-order valence-electron chi connectivity index (χ4n) is 3.07. The molecule has 0 unspecified atom stereocenters. The number of hydrogen-bond acceptors (Lipinski definition) is 2. The van der Waals surface area contributed by atoms with Crippen molar-refractivity contribution in [2.45, 2.75) is 45.4 Å². The Morgan fingerprint density at radius 2 is 2.00 bits per heavy atom. The fourth-order valence-corrected chi connectivity index (χ4v) is 3.07. The Kier molecular flexibility index (Phi) is 5.94. The fraction of sp³-hybridized carbons (Fsp3) is 0.381. The van der Waals surface area contributed by atoms with E-state index < -0.39 is 0 Å². The molecule has 132 valence electrons. The van der Waals surface area contributed by atoms with Gasteiger partial charge in [-0.05, 0) is 43.2 Å². The lowest BCUT2D eigenvalue weighted by Gasteiger charge is -1.99. The van der Waals surface area contributed by atoms with Crippen LogP contribution in [0.25, 0.3) is 17.5 Å². The van der Waals surface area contributed by atoms with E-state index >= 15 is 0 Å². The summed E-state index contributed by atoms with van der Waals surface area (Å²) in [6.45, 7) is 2.25. The number of hydrogen-bond donors (Lipinski definition) is 2. The van der Waals surface area contributed by atoms with Crippen molar-refractivity contribution >= 4 is 11.8 Å². The van der Waals surface area contributed by atoms with Gasteiger partial charge in [0, 0.05) is 18.0 Å². The number of aromatic nitrogens is 2. The molecule has 0 saturated carbocycles. The standard InChI is InChI=1S/C21H27N3O/c1-3-4-5-6-7-9-16-11-12-17(23-16)14-20-21(25-2)15-19(24-20)18-10-8-13-22-18/h8,10-15,22,24H,3-7,9H2,1-2H3/b17-14-. The first-order chi connectivity index (χ1) is 12.3. The van der Waals surface area contributed by atoms with Gasteiger partial charge < -0.3 is 14.7 Å². The first-order valence-electron chi connectivity index (χ1n) is 9.18. The summed E-state index contributed by atoms with van der Waals surface area (Å²) in [6, 6.07) is 6.03. The molecule has 3 rings (SSSR count). The minimum atomic E-state index is 0.828. The van der Waals surface area contributed by atoms with E-state index in [4.69, 9.17) is 9.73 Å². The van der Waals surface area contributed by atoms with Gasteiger partial charge in [0.15, 0.2) is 0 Å². The van der Waals surface area contributed by atoms with E-state index in [-0.39, 0.29) is 0 Å². The zero-order valence-electron chi connectivity index (χ0n) is 15.1. The highest BCUT2D eigenvalue weighted by Crippen LogP contribution is 2.29. The Morgan fingerprint density at radius 1 is 1.12 bits per heavy atom. The van der Waals surface area contributed by atoms with E-state index in [0.29, 0.717) is 0 Å². The van der Waals surface area contributed by atoms with Gasteiger partial charge in [0.25, 0.3) is 0 Å². The first-order valence-corrected chi connectivity index (χ1v) is 9.18. The normalized spacial score (nSPS) is 15.1. The minimum Gasteiger partial charge on any atom is -0.494 e. The molecule has 2 N–H and O–H groups in total. The number of aromatic amines is 2. The van der Waals surface area contributed by atoms with Crippen molar-refractivity contribution in [3.8, 4) is 17.1 Å². The highest BCUT2D eigenvalue weighted by Gasteiger charge is 2.11. The maximum absolute atomic E-state index is 5.50. The van der Waals surface area contributed by atoms with E-state index in [1.54, 1.807) is 7.11 Å². The number of unbranched alkanes of at least 4 members (excludes halogenated alkanes) is 4. The summed E-state index contributed by atoms with van der Waals surface area (Å²) >= 11 is 0. The zero-order chi connectivity index (χ0) is 17.5. The molecule has 0 radical (unpaired) electrons. The molecule has 25 heavy (non-hydrogen) atoms. The molecule has 0 amide bonds. The lowest BCUT2D eigenvalue weighted by molar-refractivity contribution is 0.414. The van der Waals surface area contributed by atoms with Gasteiger partial charge in [0.05, 0.1) is 29.9 Å². The van der Waals surface area contributed by atoms with Gasteiger partial charge in [-0.2, -0.15) is 0 Å². The van der Waals surface area contributed by atoms with Crippen molar-refractivity contribution in [3.05, 3.63) is 47.9 Å². The predicted octanol–water partition coefficient (Wildman–Crippen LogP) is 5.73. The van der Waals surface area contributed by atoms with Crippen molar-refractivity contribution in [3.63, 3.8) is 0 Å². The van der Waals surface area contributed by atoms with Gasteiger partial charge in [-0.1, -0.05) is 32.6 Å². The summed E-state index contributed by atoms with van der Waals surface area (Å²) in [4.78, 5) is 11.3. The highest BCUT2D eigenvalue weighted by molar-refractivity contribution is 5.99. The summed E-state index contributed by atoms with van der Waals surface area (Å²) in [5.74, 6) is 0.828. The minimum absolute atomic E-state index is 0.828. The molecule has 0 fully saturated rings. The molecule has 1 aliphatic rings. The molecule has 0 spiro atoms. The van der Waals surface area contributed by atoms with Gasteiger partial charge in [0.1, 0.15) is 5.75 Å². The van der Waals surface area contributed by atoms with Crippen LogP contribution >= 0.6 is 0 Å². The molecular formula is C21H27N3O. The maximum atomic E-state index is 5.50. The van der Waals surface area contributed by atoms with E-state index in [9.17, 15) is 0 Å². The molecular weight excluding hydrogens is 310 g/mol. The van der Waals surface area contributed by atoms with Crippen molar-refractivity contribution in [2.24, 2.45) is 4.99 Å². The first kappa shape index (κ1) is 17.3. The number of allylic oxidation sites excluding steroid dienone is 2. The Morgan fingerprint density at radius 3 is 2.76 bits per heavy atom. The van der Waals surface area contributed by atoms with Gasteiger partial charge in [0.2, 0.25) is 0 Å². The van der Waals surface area contributed by atoms with Crippen LogP contribution in [-0.4, -0.2) is 22.8 Å². The zero-order valence-corrected chi connectivity index (χ0v) is 15.1. The quantitative estimate of drug-likeness (QED) is 0.564. The Balaban J connectivity index is 1.66. The van der Waals surface area contributed by atoms with Crippen LogP contribution in [0.15, 0.2) is 47.2 Å². The number of nitrogens with one attached hydrogen (secondary N) is 2. The van der Waals surface area contributed by atoms with Crippen molar-refractivity contribution in [2.75, 3.05) is 7.11 Å². The van der Waals surface area contributed by atoms with E-state index in [1.165, 1.54) is 37.8 Å². The summed E-state index contributed by atoms with van der Waals surface area (Å²) in [5, 5.41) is 0. The molecule has 0 bridgehead atoms. The Hall–Kier alpha value is -2.49. The van der Waals surface area contributed by atoms with Crippen molar-refractivity contribution in [1.82, 2.24) is 9.97 Å². The predicted molar refractivity (Wildman–Crippen MR) is 105 cm³/mol. The largest absolute Gasteiger partial charge is 0.494 e. The van der Waals surface area contributed by atoms with Crippen LogP contribution in [0.4, 0.5) is 0 Å². The average molecular weight is 337 g/mol. The molecule has 4 heteroatoms. The topological polar surface area (TPSA) is 53.2 Å². The molecule has 0 aromatic carbocycles. The van der Waals surface area contributed by atoms with Gasteiger partial charge in [-0.3, -0.25) is 4.99 Å². The highest BCUT2D eigenvalue weighted by atomic mass is 16.5. The van der Waals surface area contributed by atoms with Crippen LogP contribution in [0.2, 0.25) is 0 Å². The molecule has 2 aromatic rings. The van der Waals surface area contributed by atoms with Crippen LogP contribution in [0.1, 0.15) is 51.1 Å². The number of rotatable bonds is 9. The lowest BCUT2D eigenvalue weighted by Crippen LogP contribution is -1.90. The number of H-pyrrole nitrogens is 2. The second-order valence-electron chi connectivity index (χ2n) is 6.42. The van der Waals surface area contributed by atoms with Crippen LogP contribution in [0, 0.1) is 0 Å². The third-order valence-electron chi connectivity index (χ3n) is 4.47. The van der Waals surface area contributed by atoms with Crippen molar-refractivity contribution in [1.29, 1.82) is 0 Å². The van der Waals surface area contributed by atoms with E-state index in [1.807, 2.05) is 30.5 Å². The second-order valence-corrected chi connectivity index (χ2v) is 6.42. The Labute approximate surface area is 149 Å². The average Bonchev–Trinajstić information content (AvgIpc) is 3.35. The van der Waals surface area contributed by atoms with E-state index in [0.717, 1.165) is 34.9 Å². The molecule has 0 atom stereocenters. The molecule has 0 saturated heterocycles. The molecule has 1 aliphatic heterocycles. The summed E-state index contributed by atoms with van der Waals surface area (Å²) in [5.41, 5.74) is 5.15. The number of nitrogens with zero attached hydrogens (tertiary/aromatic N) is 1. The lowest BCUT2D eigenvalue weighted by atomic mass is 10.1. The smallest absolute Gasteiger partial charge is 0.144 e. The van der Waals surface area contributed by atoms with Crippen LogP contribution in [-0.2, 0) is 0 Å². The van der Waals surface area contributed by atoms with Gasteiger partial charge in [-0.25, -0.2) is 0 Å². The molecule has 0 aliphatic carbocycles. The SMILES string of the molecule is CCCCCCCC1=N/C(=C\c2[nH]c(-c3ccc[nH]3)cc2OC)C=C1. The molecule has 4 nitrogen and oxygen atoms in total. The van der Waals surface area contributed by atoms with Gasteiger partial charge in [-0.15, -0.1) is 0 Å². The maximum Gasteiger partial charge on any atom is 0.144 e. The van der Waals surface area contributed by atoms with Gasteiger partial charge >= 0.3 is 0 Å². The second kappa shape index (κ2) is 8.56. The van der Waals surface area contributed by atoms with Crippen molar-refractivity contribution < 1.29 is 4.74 Å². The third kappa shape index (κ3) is 4.53. The van der Waals surface area contributed by atoms with Crippen LogP contribution in [0.5, 0.6) is 5.75 Å². The Bertz CT molecular complexity index is 763. The van der Waals surface area contributed by atoms with Crippen LogP contribution < -0.4 is 4.74 Å². The van der Waals surface area contributed by atoms with Crippen LogP contribution in [0.3, 0.4) is 0 Å². The molecule has 2 aromatic heterocycles. The number of ether oxygens (including phenoxy) is 1. The summed E-state index contributed by atoms with van der Waals surface area (Å²) in [6.07, 6.45) is 15.7. The third-order valence-corrected chi connectivity index (χ3v) is 4.47.